The van der Waals surface area contributed by atoms with Gasteiger partial charge in [0.15, 0.2) is 11.6 Å². The average Bonchev–Trinajstić information content (AvgIpc) is 2.42. The van der Waals surface area contributed by atoms with Crippen molar-refractivity contribution in [2.45, 2.75) is 25.7 Å². The second-order valence-corrected chi connectivity index (χ2v) is 6.04. The van der Waals surface area contributed by atoms with Crippen LogP contribution in [0.1, 0.15) is 24.8 Å². The maximum Gasteiger partial charge on any atom is 0.483 e. The van der Waals surface area contributed by atoms with Crippen LogP contribution in [-0.4, -0.2) is 30.4 Å². The van der Waals surface area contributed by atoms with E-state index in [-0.39, 0.29) is 0 Å². The van der Waals surface area contributed by atoms with Crippen LogP contribution in [0.5, 0.6) is 0 Å². The Morgan fingerprint density at radius 1 is 1.00 bits per heavy atom. The van der Waals surface area contributed by atoms with E-state index in [2.05, 4.69) is 0 Å². The SMILES string of the molecule is CO[SiH](OC)OCCCCCc1ccc(F)c(F)c1. The molecule has 0 aliphatic rings. The molecule has 0 heterocycles. The van der Waals surface area contributed by atoms with E-state index in [1.54, 1.807) is 20.3 Å². The number of hydrogen-bond donors (Lipinski definition) is 0. The number of hydrogen-bond acceptors (Lipinski definition) is 3. The van der Waals surface area contributed by atoms with E-state index in [4.69, 9.17) is 13.3 Å². The lowest BCUT2D eigenvalue weighted by Gasteiger charge is -2.11. The van der Waals surface area contributed by atoms with Gasteiger partial charge in [0.2, 0.25) is 0 Å². The third kappa shape index (κ3) is 6.24. The molecule has 1 rings (SSSR count). The normalized spacial score (nSPS) is 11.2. The Morgan fingerprint density at radius 3 is 2.37 bits per heavy atom. The standard InChI is InChI=1S/C13H20F2O3Si/c1-16-19(17-2)18-9-5-3-4-6-11-7-8-12(14)13(15)10-11/h7-8,10,19H,3-6,9H2,1-2H3. The molecule has 0 aliphatic heterocycles. The summed E-state index contributed by atoms with van der Waals surface area (Å²) in [6.45, 7) is 0.607. The molecular formula is C13H20F2O3Si. The molecule has 0 radical (unpaired) electrons. The lowest BCUT2D eigenvalue weighted by Crippen LogP contribution is -2.24. The predicted octanol–water partition coefficient (Wildman–Crippen LogP) is 2.70. The summed E-state index contributed by atoms with van der Waals surface area (Å²) in [4.78, 5) is 0. The third-order valence-corrected chi connectivity index (χ3v) is 4.01. The highest BCUT2D eigenvalue weighted by atomic mass is 28.3. The first kappa shape index (κ1) is 16.2. The van der Waals surface area contributed by atoms with Gasteiger partial charge in [0, 0.05) is 20.8 Å². The van der Waals surface area contributed by atoms with Crippen molar-refractivity contribution < 1.29 is 22.1 Å². The molecule has 1 aromatic rings. The Bertz CT molecular complexity index is 373. The van der Waals surface area contributed by atoms with E-state index in [0.29, 0.717) is 6.61 Å². The molecular weight excluding hydrogens is 270 g/mol. The van der Waals surface area contributed by atoms with Crippen molar-refractivity contribution in [1.82, 2.24) is 0 Å². The van der Waals surface area contributed by atoms with E-state index in [0.717, 1.165) is 31.2 Å². The van der Waals surface area contributed by atoms with Gasteiger partial charge in [-0.1, -0.05) is 12.5 Å². The van der Waals surface area contributed by atoms with Crippen molar-refractivity contribution in [2.75, 3.05) is 20.8 Å². The summed E-state index contributed by atoms with van der Waals surface area (Å²) in [5.74, 6) is -1.58. The van der Waals surface area contributed by atoms with E-state index in [1.807, 2.05) is 0 Å². The van der Waals surface area contributed by atoms with Crippen LogP contribution in [0.15, 0.2) is 18.2 Å². The molecule has 0 N–H and O–H groups in total. The van der Waals surface area contributed by atoms with E-state index >= 15 is 0 Å². The second-order valence-electron chi connectivity index (χ2n) is 4.19. The maximum atomic E-state index is 13.0. The van der Waals surface area contributed by atoms with Crippen molar-refractivity contribution in [1.29, 1.82) is 0 Å². The smallest absolute Gasteiger partial charge is 0.379 e. The van der Waals surface area contributed by atoms with E-state index < -0.39 is 21.2 Å². The van der Waals surface area contributed by atoms with Crippen LogP contribution in [0.25, 0.3) is 0 Å². The van der Waals surface area contributed by atoms with E-state index in [1.165, 1.54) is 12.1 Å². The summed E-state index contributed by atoms with van der Waals surface area (Å²) in [7, 11) is 1.24. The fraction of sp³-hybridized carbons (Fsp3) is 0.538. The van der Waals surface area contributed by atoms with Crippen molar-refractivity contribution in [3.8, 4) is 0 Å². The summed E-state index contributed by atoms with van der Waals surface area (Å²) in [6.07, 6.45) is 3.53. The van der Waals surface area contributed by atoms with Gasteiger partial charge in [0.25, 0.3) is 0 Å². The van der Waals surface area contributed by atoms with Crippen LogP contribution in [0.4, 0.5) is 8.78 Å². The van der Waals surface area contributed by atoms with Gasteiger partial charge >= 0.3 is 9.53 Å². The molecule has 0 atom stereocenters. The first-order valence-corrected chi connectivity index (χ1v) is 7.70. The monoisotopic (exact) mass is 290 g/mol. The molecule has 0 saturated heterocycles. The number of halogens is 2. The molecule has 0 aliphatic carbocycles. The number of benzene rings is 1. The topological polar surface area (TPSA) is 27.7 Å². The summed E-state index contributed by atoms with van der Waals surface area (Å²) in [6, 6.07) is 4.04. The fourth-order valence-electron chi connectivity index (χ4n) is 1.71. The van der Waals surface area contributed by atoms with Gasteiger partial charge in [-0.15, -0.1) is 0 Å². The molecule has 0 amide bonds. The van der Waals surface area contributed by atoms with Crippen LogP contribution >= 0.6 is 0 Å². The molecule has 0 spiro atoms. The largest absolute Gasteiger partial charge is 0.483 e. The Balaban J connectivity index is 2.12. The van der Waals surface area contributed by atoms with Crippen molar-refractivity contribution >= 4 is 9.53 Å². The van der Waals surface area contributed by atoms with Gasteiger partial charge < -0.3 is 13.3 Å². The van der Waals surface area contributed by atoms with Crippen LogP contribution in [0.3, 0.4) is 0 Å². The Labute approximate surface area is 114 Å². The minimum atomic E-state index is -1.91. The number of rotatable bonds is 9. The summed E-state index contributed by atoms with van der Waals surface area (Å²) >= 11 is 0. The third-order valence-electron chi connectivity index (χ3n) is 2.73. The van der Waals surface area contributed by atoms with Crippen molar-refractivity contribution in [2.24, 2.45) is 0 Å². The Kier molecular flexibility index (Phi) is 7.81. The van der Waals surface area contributed by atoms with Crippen LogP contribution in [0.2, 0.25) is 0 Å². The van der Waals surface area contributed by atoms with Gasteiger partial charge in [-0.05, 0) is 37.0 Å². The zero-order valence-corrected chi connectivity index (χ0v) is 12.5. The summed E-state index contributed by atoms with van der Waals surface area (Å²) in [5.41, 5.74) is 0.820. The first-order valence-electron chi connectivity index (χ1n) is 6.28. The van der Waals surface area contributed by atoms with Gasteiger partial charge in [-0.25, -0.2) is 8.78 Å². The molecule has 19 heavy (non-hydrogen) atoms. The molecule has 1 aromatic carbocycles. The lowest BCUT2D eigenvalue weighted by atomic mass is 10.1. The molecule has 0 saturated carbocycles. The fourth-order valence-corrected chi connectivity index (χ4v) is 2.54. The van der Waals surface area contributed by atoms with Gasteiger partial charge in [0.1, 0.15) is 0 Å². The molecule has 0 bridgehead atoms. The summed E-state index contributed by atoms with van der Waals surface area (Å²) < 4.78 is 41.1. The van der Waals surface area contributed by atoms with Crippen LogP contribution < -0.4 is 0 Å². The molecule has 6 heteroatoms. The Morgan fingerprint density at radius 2 is 1.74 bits per heavy atom. The lowest BCUT2D eigenvalue weighted by molar-refractivity contribution is 0.133. The minimum absolute atomic E-state index is 0.607. The molecule has 0 fully saturated rings. The highest BCUT2D eigenvalue weighted by molar-refractivity contribution is 6.36. The Hall–Kier alpha value is -0.823. The predicted molar refractivity (Wildman–Crippen MR) is 71.0 cm³/mol. The van der Waals surface area contributed by atoms with Crippen LogP contribution in [-0.2, 0) is 19.7 Å². The van der Waals surface area contributed by atoms with Crippen LogP contribution in [0, 0.1) is 11.6 Å². The molecule has 0 unspecified atom stereocenters. The summed E-state index contributed by atoms with van der Waals surface area (Å²) in [5, 5.41) is 0. The highest BCUT2D eigenvalue weighted by Crippen LogP contribution is 2.12. The second kappa shape index (κ2) is 9.14. The van der Waals surface area contributed by atoms with E-state index in [9.17, 15) is 8.78 Å². The zero-order valence-electron chi connectivity index (χ0n) is 11.3. The number of unbranched alkanes of at least 4 members (excludes halogenated alkanes) is 2. The van der Waals surface area contributed by atoms with Gasteiger partial charge in [-0.3, -0.25) is 0 Å². The van der Waals surface area contributed by atoms with Crippen molar-refractivity contribution in [3.05, 3.63) is 35.4 Å². The molecule has 3 nitrogen and oxygen atoms in total. The first-order chi connectivity index (χ1) is 9.17. The quantitative estimate of drug-likeness (QED) is 0.517. The van der Waals surface area contributed by atoms with Gasteiger partial charge in [-0.2, -0.15) is 0 Å². The molecule has 108 valence electrons. The minimum Gasteiger partial charge on any atom is -0.379 e. The van der Waals surface area contributed by atoms with Gasteiger partial charge in [0.05, 0.1) is 0 Å². The number of aryl methyl sites for hydroxylation is 1. The highest BCUT2D eigenvalue weighted by Gasteiger charge is 2.09. The maximum absolute atomic E-state index is 13.0. The average molecular weight is 290 g/mol. The zero-order chi connectivity index (χ0) is 14.1. The molecule has 0 aromatic heterocycles. The van der Waals surface area contributed by atoms with Crippen molar-refractivity contribution in [3.63, 3.8) is 0 Å².